The van der Waals surface area contributed by atoms with Gasteiger partial charge in [0.1, 0.15) is 12.1 Å². The van der Waals surface area contributed by atoms with Crippen LogP contribution in [0.15, 0.2) is 54.9 Å². The molecule has 2 heterocycles. The number of hydrogen-bond acceptors (Lipinski definition) is 7. The smallest absolute Gasteiger partial charge is 0.254 e. The Bertz CT molecular complexity index is 1100. The zero-order chi connectivity index (χ0) is 24.6. The predicted molar refractivity (Wildman–Crippen MR) is 136 cm³/mol. The normalized spacial score (nSPS) is 13.5. The third-order valence-corrected chi connectivity index (χ3v) is 5.77. The van der Waals surface area contributed by atoms with E-state index < -0.39 is 0 Å². The van der Waals surface area contributed by atoms with Crippen molar-refractivity contribution in [3.05, 3.63) is 60.4 Å². The number of carbonyl (C=O) groups is 1. The van der Waals surface area contributed by atoms with Gasteiger partial charge in [-0.15, -0.1) is 0 Å². The number of ether oxygens (including phenoxy) is 3. The highest BCUT2D eigenvalue weighted by Crippen LogP contribution is 2.39. The second kappa shape index (κ2) is 11.6. The number of hydrogen-bond donors (Lipinski definition) is 0. The summed E-state index contributed by atoms with van der Waals surface area (Å²) < 4.78 is 17.3. The van der Waals surface area contributed by atoms with E-state index in [1.54, 1.807) is 18.5 Å². The average molecular weight is 477 g/mol. The maximum atomic E-state index is 13.4. The molecule has 0 radical (unpaired) electrons. The van der Waals surface area contributed by atoms with Crippen LogP contribution in [-0.4, -0.2) is 66.8 Å². The minimum Gasteiger partial charge on any atom is -0.490 e. The van der Waals surface area contributed by atoms with Gasteiger partial charge in [-0.1, -0.05) is 30.3 Å². The molecule has 184 valence electrons. The second-order valence-corrected chi connectivity index (χ2v) is 8.01. The third-order valence-electron chi connectivity index (χ3n) is 5.77. The average Bonchev–Trinajstić information content (AvgIpc) is 2.91. The quantitative estimate of drug-likeness (QED) is 0.456. The number of benzene rings is 2. The van der Waals surface area contributed by atoms with Crippen molar-refractivity contribution in [3.63, 3.8) is 0 Å². The summed E-state index contributed by atoms with van der Waals surface area (Å²) in [7, 11) is 0. The molecule has 0 bridgehead atoms. The molecule has 1 fully saturated rings. The topological polar surface area (TPSA) is 77.0 Å². The Balaban J connectivity index is 1.48. The Labute approximate surface area is 206 Å². The number of nitrogens with zero attached hydrogens (tertiary/aromatic N) is 4. The van der Waals surface area contributed by atoms with Gasteiger partial charge in [-0.05, 0) is 32.9 Å². The van der Waals surface area contributed by atoms with Crippen molar-refractivity contribution in [2.45, 2.75) is 20.8 Å². The van der Waals surface area contributed by atoms with E-state index in [1.165, 1.54) is 0 Å². The van der Waals surface area contributed by atoms with Gasteiger partial charge in [-0.3, -0.25) is 4.79 Å². The van der Waals surface area contributed by atoms with Crippen molar-refractivity contribution in [2.24, 2.45) is 0 Å². The fourth-order valence-corrected chi connectivity index (χ4v) is 4.12. The molecule has 0 aliphatic carbocycles. The molecule has 1 saturated heterocycles. The fraction of sp³-hybridized carbons (Fsp3) is 0.370. The Morgan fingerprint density at radius 2 is 1.46 bits per heavy atom. The zero-order valence-electron chi connectivity index (χ0n) is 20.6. The van der Waals surface area contributed by atoms with Gasteiger partial charge < -0.3 is 24.0 Å². The first-order valence-corrected chi connectivity index (χ1v) is 12.1. The van der Waals surface area contributed by atoms with Crippen molar-refractivity contribution in [2.75, 3.05) is 50.9 Å². The first-order valence-electron chi connectivity index (χ1n) is 12.1. The minimum absolute atomic E-state index is 0.0535. The van der Waals surface area contributed by atoms with E-state index in [1.807, 2.05) is 62.1 Å². The van der Waals surface area contributed by atoms with E-state index in [2.05, 4.69) is 14.9 Å². The molecule has 1 aliphatic rings. The minimum atomic E-state index is -0.0535. The molecule has 1 amide bonds. The van der Waals surface area contributed by atoms with Crippen LogP contribution < -0.4 is 19.1 Å². The van der Waals surface area contributed by atoms with E-state index in [0.29, 0.717) is 68.8 Å². The van der Waals surface area contributed by atoms with Crippen LogP contribution in [0.5, 0.6) is 17.2 Å². The summed E-state index contributed by atoms with van der Waals surface area (Å²) in [5, 5.41) is 0. The van der Waals surface area contributed by atoms with Crippen LogP contribution in [0.4, 0.5) is 5.82 Å². The van der Waals surface area contributed by atoms with Crippen LogP contribution in [0.2, 0.25) is 0 Å². The van der Waals surface area contributed by atoms with Gasteiger partial charge >= 0.3 is 0 Å². The van der Waals surface area contributed by atoms with E-state index in [9.17, 15) is 4.79 Å². The van der Waals surface area contributed by atoms with Gasteiger partial charge in [0.05, 0.1) is 25.5 Å². The molecule has 1 aromatic heterocycles. The molecule has 0 unspecified atom stereocenters. The van der Waals surface area contributed by atoms with Gasteiger partial charge in [0.25, 0.3) is 5.91 Å². The zero-order valence-corrected chi connectivity index (χ0v) is 20.6. The Morgan fingerprint density at radius 1 is 0.829 bits per heavy atom. The van der Waals surface area contributed by atoms with E-state index in [4.69, 9.17) is 14.2 Å². The van der Waals surface area contributed by atoms with Gasteiger partial charge in [-0.25, -0.2) is 9.97 Å². The van der Waals surface area contributed by atoms with Crippen molar-refractivity contribution in [1.29, 1.82) is 0 Å². The number of rotatable bonds is 9. The lowest BCUT2D eigenvalue weighted by atomic mass is 10.1. The number of anilines is 1. The van der Waals surface area contributed by atoms with E-state index >= 15 is 0 Å². The van der Waals surface area contributed by atoms with Gasteiger partial charge in [0, 0.05) is 43.4 Å². The van der Waals surface area contributed by atoms with Gasteiger partial charge in [0.15, 0.2) is 11.5 Å². The maximum absolute atomic E-state index is 13.4. The summed E-state index contributed by atoms with van der Waals surface area (Å²) in [4.78, 5) is 26.3. The van der Waals surface area contributed by atoms with Gasteiger partial charge in [0.2, 0.25) is 5.75 Å². The van der Waals surface area contributed by atoms with Crippen LogP contribution in [0.3, 0.4) is 0 Å². The molecule has 0 saturated carbocycles. The largest absolute Gasteiger partial charge is 0.490 e. The molecular weight excluding hydrogens is 444 g/mol. The van der Waals surface area contributed by atoms with Crippen LogP contribution in [0.25, 0.3) is 11.3 Å². The Kier molecular flexibility index (Phi) is 8.03. The highest BCUT2D eigenvalue weighted by atomic mass is 16.5. The molecule has 3 aromatic rings. The summed E-state index contributed by atoms with van der Waals surface area (Å²) in [5.41, 5.74) is 2.47. The molecule has 0 N–H and O–H groups in total. The number of amides is 1. The summed E-state index contributed by atoms with van der Waals surface area (Å²) in [5.74, 6) is 2.40. The fourth-order valence-electron chi connectivity index (χ4n) is 4.12. The van der Waals surface area contributed by atoms with Crippen LogP contribution >= 0.6 is 0 Å². The number of piperazine rings is 1. The molecule has 0 spiro atoms. The van der Waals surface area contributed by atoms with Crippen molar-refractivity contribution in [3.8, 4) is 28.5 Å². The maximum Gasteiger partial charge on any atom is 0.254 e. The van der Waals surface area contributed by atoms with Crippen LogP contribution in [0.1, 0.15) is 31.1 Å². The molecule has 8 nitrogen and oxygen atoms in total. The molecule has 8 heteroatoms. The summed E-state index contributed by atoms with van der Waals surface area (Å²) >= 11 is 0. The number of aromatic nitrogens is 2. The number of carbonyl (C=O) groups excluding carboxylic acids is 1. The van der Waals surface area contributed by atoms with Crippen molar-refractivity contribution < 1.29 is 19.0 Å². The molecule has 4 rings (SSSR count). The van der Waals surface area contributed by atoms with Crippen LogP contribution in [0, 0.1) is 0 Å². The summed E-state index contributed by atoms with van der Waals surface area (Å²) in [6.45, 7) is 9.66. The molecule has 1 aliphatic heterocycles. The second-order valence-electron chi connectivity index (χ2n) is 8.01. The lowest BCUT2D eigenvalue weighted by Gasteiger charge is -2.35. The van der Waals surface area contributed by atoms with Crippen molar-refractivity contribution in [1.82, 2.24) is 14.9 Å². The lowest BCUT2D eigenvalue weighted by Crippen LogP contribution is -2.49. The molecule has 2 aromatic carbocycles. The monoisotopic (exact) mass is 476 g/mol. The first-order chi connectivity index (χ1) is 17.1. The molecule has 35 heavy (non-hydrogen) atoms. The van der Waals surface area contributed by atoms with E-state index in [0.717, 1.165) is 17.1 Å². The Hall–Kier alpha value is -3.81. The molecule has 0 atom stereocenters. The van der Waals surface area contributed by atoms with E-state index in [-0.39, 0.29) is 5.91 Å². The third kappa shape index (κ3) is 5.65. The first kappa shape index (κ1) is 24.3. The molecular formula is C27H32N4O4. The SMILES string of the molecule is CCOc1cc(C(=O)N2CCN(c3cc(-c4ccccc4)ncn3)CC2)cc(OCC)c1OCC. The highest BCUT2D eigenvalue weighted by molar-refractivity contribution is 5.96. The van der Waals surface area contributed by atoms with Gasteiger partial charge in [-0.2, -0.15) is 0 Å². The summed E-state index contributed by atoms with van der Waals surface area (Å²) in [6, 6.07) is 15.6. The predicted octanol–water partition coefficient (Wildman–Crippen LogP) is 4.30. The Morgan fingerprint density at radius 3 is 2.06 bits per heavy atom. The standard InChI is InChI=1S/C27H32N4O4/c1-4-33-23-16-21(17-24(34-5-2)26(23)35-6-3)27(32)31-14-12-30(13-15-31)25-18-22(28-19-29-25)20-10-8-7-9-11-20/h7-11,16-19H,4-6,12-15H2,1-3H3. The summed E-state index contributed by atoms with van der Waals surface area (Å²) in [6.07, 6.45) is 1.60. The highest BCUT2D eigenvalue weighted by Gasteiger charge is 2.26. The van der Waals surface area contributed by atoms with Crippen molar-refractivity contribution >= 4 is 11.7 Å². The lowest BCUT2D eigenvalue weighted by molar-refractivity contribution is 0.0745. The van der Waals surface area contributed by atoms with Crippen LogP contribution in [-0.2, 0) is 0 Å².